The summed E-state index contributed by atoms with van der Waals surface area (Å²) in [7, 11) is 1.66. The second kappa shape index (κ2) is 7.97. The minimum absolute atomic E-state index is 0.0681. The number of carboxylic acids is 1. The number of carboxylic acid groups (broad SMARTS) is 1. The quantitative estimate of drug-likeness (QED) is 0.476. The van der Waals surface area contributed by atoms with Crippen LogP contribution in [0.25, 0.3) is 10.9 Å². The average Bonchev–Trinajstić information content (AvgIpc) is 3.26. The van der Waals surface area contributed by atoms with E-state index in [1.165, 1.54) is 12.1 Å². The van der Waals surface area contributed by atoms with Crippen molar-refractivity contribution < 1.29 is 19.0 Å². The standard InChI is InChI=1S/C24H21FN4O3/c1-32-14-20-13-28(18-6-2-15(3-7-18)24(30)31)22-11-21-16(12-26-27-21)10-23(22)29(20)19-8-4-17(25)5-9-19/h2-12,20H,13-14H2,1H3,(H,26,27)(H,30,31). The lowest BCUT2D eigenvalue weighted by molar-refractivity contribution is 0.0697. The molecule has 32 heavy (non-hydrogen) atoms. The van der Waals surface area contributed by atoms with Gasteiger partial charge in [0, 0.05) is 30.4 Å². The summed E-state index contributed by atoms with van der Waals surface area (Å²) in [4.78, 5) is 15.6. The molecule has 0 saturated heterocycles. The maximum atomic E-state index is 13.6. The second-order valence-corrected chi connectivity index (χ2v) is 7.72. The monoisotopic (exact) mass is 432 g/mol. The Bertz CT molecular complexity index is 1270. The molecule has 2 heterocycles. The number of rotatable bonds is 5. The highest BCUT2D eigenvalue weighted by atomic mass is 19.1. The van der Waals surface area contributed by atoms with Gasteiger partial charge in [0.2, 0.25) is 0 Å². The lowest BCUT2D eigenvalue weighted by Crippen LogP contribution is -2.47. The average molecular weight is 432 g/mol. The molecule has 4 aromatic rings. The van der Waals surface area contributed by atoms with Gasteiger partial charge < -0.3 is 19.6 Å². The van der Waals surface area contributed by atoms with Crippen LogP contribution < -0.4 is 9.80 Å². The zero-order chi connectivity index (χ0) is 22.2. The van der Waals surface area contributed by atoms with E-state index in [4.69, 9.17) is 4.74 Å². The zero-order valence-electron chi connectivity index (χ0n) is 17.3. The molecule has 1 aliphatic rings. The summed E-state index contributed by atoms with van der Waals surface area (Å²) in [6.45, 7) is 1.04. The van der Waals surface area contributed by atoms with Crippen LogP contribution in [-0.4, -0.2) is 47.6 Å². The van der Waals surface area contributed by atoms with Crippen molar-refractivity contribution in [1.82, 2.24) is 10.2 Å². The van der Waals surface area contributed by atoms with Crippen molar-refractivity contribution in [3.63, 3.8) is 0 Å². The van der Waals surface area contributed by atoms with Gasteiger partial charge in [0.05, 0.1) is 41.3 Å². The fourth-order valence-corrected chi connectivity index (χ4v) is 4.26. The van der Waals surface area contributed by atoms with Crippen molar-refractivity contribution in [1.29, 1.82) is 0 Å². The fraction of sp³-hybridized carbons (Fsp3) is 0.167. The molecule has 1 atom stereocenters. The molecule has 8 heteroatoms. The minimum atomic E-state index is -0.963. The van der Waals surface area contributed by atoms with Gasteiger partial charge in [-0.2, -0.15) is 5.10 Å². The molecule has 5 rings (SSSR count). The molecule has 0 amide bonds. The van der Waals surface area contributed by atoms with E-state index in [1.807, 2.05) is 18.2 Å². The number of halogens is 1. The first-order chi connectivity index (χ1) is 15.5. The third-order valence-electron chi connectivity index (χ3n) is 5.73. The largest absolute Gasteiger partial charge is 0.478 e. The van der Waals surface area contributed by atoms with E-state index in [9.17, 15) is 14.3 Å². The van der Waals surface area contributed by atoms with Crippen LogP contribution in [0.4, 0.5) is 27.1 Å². The van der Waals surface area contributed by atoms with Crippen LogP contribution in [0.2, 0.25) is 0 Å². The summed E-state index contributed by atoms with van der Waals surface area (Å²) in [5.74, 6) is -1.26. The van der Waals surface area contributed by atoms with Crippen molar-refractivity contribution in [3.05, 3.63) is 78.2 Å². The van der Waals surface area contributed by atoms with Gasteiger partial charge in [-0.15, -0.1) is 0 Å². The molecule has 1 aromatic heterocycles. The Morgan fingerprint density at radius 3 is 2.53 bits per heavy atom. The summed E-state index contributed by atoms with van der Waals surface area (Å²) < 4.78 is 19.2. The summed E-state index contributed by atoms with van der Waals surface area (Å²) in [6, 6.07) is 17.3. The lowest BCUT2D eigenvalue weighted by atomic mass is 10.0. The molecule has 0 saturated carbocycles. The maximum absolute atomic E-state index is 13.6. The van der Waals surface area contributed by atoms with Gasteiger partial charge in [-0.05, 0) is 60.7 Å². The number of anilines is 4. The number of nitrogens with one attached hydrogen (secondary N) is 1. The molecule has 0 spiro atoms. The Balaban J connectivity index is 1.68. The number of hydrogen-bond donors (Lipinski definition) is 2. The summed E-state index contributed by atoms with van der Waals surface area (Å²) >= 11 is 0. The molecule has 0 fully saturated rings. The van der Waals surface area contributed by atoms with Crippen LogP contribution in [0.5, 0.6) is 0 Å². The van der Waals surface area contributed by atoms with Crippen LogP contribution in [0.1, 0.15) is 10.4 Å². The van der Waals surface area contributed by atoms with E-state index < -0.39 is 5.97 Å². The van der Waals surface area contributed by atoms with Gasteiger partial charge in [-0.1, -0.05) is 0 Å². The van der Waals surface area contributed by atoms with E-state index in [2.05, 4.69) is 26.1 Å². The summed E-state index contributed by atoms with van der Waals surface area (Å²) in [5.41, 5.74) is 4.72. The third-order valence-corrected chi connectivity index (χ3v) is 5.73. The van der Waals surface area contributed by atoms with Crippen molar-refractivity contribution in [3.8, 4) is 0 Å². The van der Waals surface area contributed by atoms with Crippen LogP contribution in [0, 0.1) is 5.82 Å². The number of aromatic carboxylic acids is 1. The smallest absolute Gasteiger partial charge is 0.335 e. The predicted octanol–water partition coefficient (Wildman–Crippen LogP) is 4.71. The molecule has 0 radical (unpaired) electrons. The lowest BCUT2D eigenvalue weighted by Gasteiger charge is -2.44. The number of fused-ring (bicyclic) bond motifs is 2. The van der Waals surface area contributed by atoms with E-state index >= 15 is 0 Å². The zero-order valence-corrected chi connectivity index (χ0v) is 17.3. The number of ether oxygens (including phenoxy) is 1. The SMILES string of the molecule is COCC1CN(c2ccc(C(=O)O)cc2)c2cc3[nH]ncc3cc2N1c1ccc(F)cc1. The molecule has 7 nitrogen and oxygen atoms in total. The predicted molar refractivity (Wildman–Crippen MR) is 121 cm³/mol. The van der Waals surface area contributed by atoms with E-state index in [-0.39, 0.29) is 17.4 Å². The highest BCUT2D eigenvalue weighted by molar-refractivity contribution is 5.95. The number of aromatic amines is 1. The Labute approximate surface area is 183 Å². The third kappa shape index (κ3) is 3.44. The maximum Gasteiger partial charge on any atom is 0.335 e. The van der Waals surface area contributed by atoms with Crippen molar-refractivity contribution in [2.24, 2.45) is 0 Å². The fourth-order valence-electron chi connectivity index (χ4n) is 4.26. The van der Waals surface area contributed by atoms with Crippen molar-refractivity contribution in [2.75, 3.05) is 30.1 Å². The Hall–Kier alpha value is -3.91. The molecule has 0 bridgehead atoms. The van der Waals surface area contributed by atoms with Gasteiger partial charge in [-0.25, -0.2) is 9.18 Å². The normalized spacial score (nSPS) is 15.8. The molecule has 2 N–H and O–H groups in total. The number of methoxy groups -OCH3 is 1. The van der Waals surface area contributed by atoms with Gasteiger partial charge in [0.25, 0.3) is 0 Å². The minimum Gasteiger partial charge on any atom is -0.478 e. The van der Waals surface area contributed by atoms with E-state index in [0.29, 0.717) is 13.2 Å². The summed E-state index contributed by atoms with van der Waals surface area (Å²) in [6.07, 6.45) is 1.77. The number of nitrogens with zero attached hydrogens (tertiary/aromatic N) is 3. The van der Waals surface area contributed by atoms with Crippen molar-refractivity contribution in [2.45, 2.75) is 6.04 Å². The number of carbonyl (C=O) groups is 1. The van der Waals surface area contributed by atoms with Crippen molar-refractivity contribution >= 4 is 39.6 Å². The molecule has 1 aliphatic heterocycles. The number of benzene rings is 3. The van der Waals surface area contributed by atoms with Crippen LogP contribution in [-0.2, 0) is 4.74 Å². The number of aromatic nitrogens is 2. The number of hydrogen-bond acceptors (Lipinski definition) is 5. The molecule has 162 valence electrons. The summed E-state index contributed by atoms with van der Waals surface area (Å²) in [5, 5.41) is 17.4. The first-order valence-electron chi connectivity index (χ1n) is 10.2. The highest BCUT2D eigenvalue weighted by Crippen LogP contribution is 2.45. The Morgan fingerprint density at radius 1 is 1.12 bits per heavy atom. The number of H-pyrrole nitrogens is 1. The second-order valence-electron chi connectivity index (χ2n) is 7.72. The molecule has 1 unspecified atom stereocenters. The first kappa shape index (κ1) is 20.0. The highest BCUT2D eigenvalue weighted by Gasteiger charge is 2.33. The van der Waals surface area contributed by atoms with Gasteiger partial charge in [-0.3, -0.25) is 5.10 Å². The van der Waals surface area contributed by atoms with Gasteiger partial charge in [0.1, 0.15) is 5.82 Å². The molecule has 0 aliphatic carbocycles. The van der Waals surface area contributed by atoms with Gasteiger partial charge in [0.15, 0.2) is 0 Å². The molecular formula is C24H21FN4O3. The topological polar surface area (TPSA) is 81.7 Å². The van der Waals surface area contributed by atoms with E-state index in [0.717, 1.165) is 33.7 Å². The first-order valence-corrected chi connectivity index (χ1v) is 10.2. The van der Waals surface area contributed by atoms with Crippen LogP contribution in [0.3, 0.4) is 0 Å². The Morgan fingerprint density at radius 2 is 1.84 bits per heavy atom. The van der Waals surface area contributed by atoms with Crippen LogP contribution in [0.15, 0.2) is 66.9 Å². The molecular weight excluding hydrogens is 411 g/mol. The van der Waals surface area contributed by atoms with Crippen LogP contribution >= 0.6 is 0 Å². The molecule has 3 aromatic carbocycles. The van der Waals surface area contributed by atoms with E-state index in [1.54, 1.807) is 37.6 Å². The Kier molecular flexibility index (Phi) is 4.99. The van der Waals surface area contributed by atoms with Gasteiger partial charge >= 0.3 is 5.97 Å².